The average Bonchev–Trinajstić information content (AvgIpc) is 2.73. The van der Waals surface area contributed by atoms with Crippen LogP contribution in [0.4, 0.5) is 4.39 Å². The van der Waals surface area contributed by atoms with E-state index in [1.54, 1.807) is 36.4 Å². The van der Waals surface area contributed by atoms with Gasteiger partial charge in [0.2, 0.25) is 0 Å². The molecule has 140 valence electrons. The molecule has 0 N–H and O–H groups in total. The molecule has 0 heterocycles. The standard InChI is InChI=1S/C24H20FNO2/c1-2-27-24-15-19(14-20(16-26)21-10-6-7-11-22(21)25)12-13-23(24)28-17-18-8-4-3-5-9-18/h3-15H,2,17H2,1H3. The van der Waals surface area contributed by atoms with Gasteiger partial charge in [0, 0.05) is 5.56 Å². The second-order valence-electron chi connectivity index (χ2n) is 6.06. The highest BCUT2D eigenvalue weighted by atomic mass is 19.1. The first-order chi connectivity index (χ1) is 13.7. The molecule has 0 aliphatic heterocycles. The van der Waals surface area contributed by atoms with Crippen LogP contribution >= 0.6 is 0 Å². The highest BCUT2D eigenvalue weighted by molar-refractivity contribution is 5.90. The van der Waals surface area contributed by atoms with E-state index in [-0.39, 0.29) is 11.1 Å². The number of ether oxygens (including phenoxy) is 2. The Morgan fingerprint density at radius 1 is 0.964 bits per heavy atom. The van der Waals surface area contributed by atoms with Gasteiger partial charge in [-0.25, -0.2) is 4.39 Å². The molecule has 0 unspecified atom stereocenters. The van der Waals surface area contributed by atoms with Crippen LogP contribution < -0.4 is 9.47 Å². The summed E-state index contributed by atoms with van der Waals surface area (Å²) < 4.78 is 25.6. The zero-order valence-corrected chi connectivity index (χ0v) is 15.6. The van der Waals surface area contributed by atoms with Gasteiger partial charge in [0.25, 0.3) is 0 Å². The zero-order chi connectivity index (χ0) is 19.8. The first-order valence-corrected chi connectivity index (χ1v) is 9.01. The maximum absolute atomic E-state index is 14.0. The third kappa shape index (κ3) is 4.77. The topological polar surface area (TPSA) is 42.2 Å². The number of nitrogens with zero attached hydrogens (tertiary/aromatic N) is 1. The molecule has 0 radical (unpaired) electrons. The van der Waals surface area contributed by atoms with Gasteiger partial charge in [0.15, 0.2) is 11.5 Å². The Balaban J connectivity index is 1.87. The fourth-order valence-electron chi connectivity index (χ4n) is 2.75. The molecular formula is C24H20FNO2. The Kier molecular flexibility index (Phi) is 6.43. The van der Waals surface area contributed by atoms with Crippen molar-refractivity contribution in [1.29, 1.82) is 5.26 Å². The molecule has 0 amide bonds. The normalized spacial score (nSPS) is 11.0. The van der Waals surface area contributed by atoms with Crippen LogP contribution in [0.5, 0.6) is 11.5 Å². The summed E-state index contributed by atoms with van der Waals surface area (Å²) in [5.74, 6) is 0.772. The Morgan fingerprint density at radius 3 is 2.43 bits per heavy atom. The second-order valence-corrected chi connectivity index (χ2v) is 6.06. The lowest BCUT2D eigenvalue weighted by Crippen LogP contribution is -2.00. The largest absolute Gasteiger partial charge is 0.490 e. The lowest BCUT2D eigenvalue weighted by atomic mass is 10.0. The molecule has 0 saturated heterocycles. The van der Waals surface area contributed by atoms with E-state index in [4.69, 9.17) is 9.47 Å². The van der Waals surface area contributed by atoms with Crippen LogP contribution in [-0.4, -0.2) is 6.61 Å². The van der Waals surface area contributed by atoms with Crippen molar-refractivity contribution in [1.82, 2.24) is 0 Å². The number of halogens is 1. The van der Waals surface area contributed by atoms with Crippen LogP contribution in [0.25, 0.3) is 11.6 Å². The third-order valence-electron chi connectivity index (χ3n) is 4.10. The molecule has 0 aromatic heterocycles. The molecule has 0 bridgehead atoms. The summed E-state index contributed by atoms with van der Waals surface area (Å²) in [6.45, 7) is 2.80. The Labute approximate surface area is 164 Å². The van der Waals surface area contributed by atoms with Gasteiger partial charge in [-0.1, -0.05) is 54.6 Å². The van der Waals surface area contributed by atoms with Gasteiger partial charge in [-0.15, -0.1) is 0 Å². The number of nitriles is 1. The molecule has 3 aromatic rings. The number of allylic oxidation sites excluding steroid dienone is 1. The van der Waals surface area contributed by atoms with Gasteiger partial charge in [0.05, 0.1) is 18.2 Å². The molecule has 3 rings (SSSR count). The molecule has 0 saturated carbocycles. The molecule has 3 nitrogen and oxygen atoms in total. The van der Waals surface area contributed by atoms with Crippen LogP contribution in [-0.2, 0) is 6.61 Å². The summed E-state index contributed by atoms with van der Waals surface area (Å²) in [6.07, 6.45) is 1.64. The van der Waals surface area contributed by atoms with Crippen molar-refractivity contribution in [3.05, 3.63) is 95.3 Å². The van der Waals surface area contributed by atoms with Crippen molar-refractivity contribution >= 4 is 11.6 Å². The lowest BCUT2D eigenvalue weighted by molar-refractivity contribution is 0.269. The Hall–Kier alpha value is -3.58. The second kappa shape index (κ2) is 9.38. The number of hydrogen-bond acceptors (Lipinski definition) is 3. The predicted molar refractivity (Wildman–Crippen MR) is 108 cm³/mol. The van der Waals surface area contributed by atoms with E-state index in [0.717, 1.165) is 11.1 Å². The maximum atomic E-state index is 14.0. The summed E-state index contributed by atoms with van der Waals surface area (Å²) in [7, 11) is 0. The number of rotatable bonds is 7. The van der Waals surface area contributed by atoms with Crippen molar-refractivity contribution in [2.24, 2.45) is 0 Å². The van der Waals surface area contributed by atoms with Crippen LogP contribution in [0, 0.1) is 17.1 Å². The SMILES string of the molecule is CCOc1cc(C=C(C#N)c2ccccc2F)ccc1OCc1ccccc1. The lowest BCUT2D eigenvalue weighted by Gasteiger charge is -2.13. The summed E-state index contributed by atoms with van der Waals surface area (Å²) in [4.78, 5) is 0. The van der Waals surface area contributed by atoms with Gasteiger partial charge in [-0.3, -0.25) is 0 Å². The highest BCUT2D eigenvalue weighted by Crippen LogP contribution is 2.31. The molecule has 0 aliphatic rings. The molecular weight excluding hydrogens is 353 g/mol. The van der Waals surface area contributed by atoms with E-state index in [0.29, 0.717) is 24.7 Å². The van der Waals surface area contributed by atoms with E-state index in [2.05, 4.69) is 6.07 Å². The summed E-state index contributed by atoms with van der Waals surface area (Å²) in [5, 5.41) is 9.46. The van der Waals surface area contributed by atoms with Gasteiger partial charge >= 0.3 is 0 Å². The number of benzene rings is 3. The van der Waals surface area contributed by atoms with Crippen molar-refractivity contribution in [2.75, 3.05) is 6.61 Å². The quantitative estimate of drug-likeness (QED) is 0.384. The molecule has 28 heavy (non-hydrogen) atoms. The van der Waals surface area contributed by atoms with E-state index in [1.165, 1.54) is 6.07 Å². The molecule has 3 aromatic carbocycles. The highest BCUT2D eigenvalue weighted by Gasteiger charge is 2.10. The minimum absolute atomic E-state index is 0.249. The van der Waals surface area contributed by atoms with Gasteiger partial charge in [-0.2, -0.15) is 5.26 Å². The van der Waals surface area contributed by atoms with Crippen LogP contribution in [0.1, 0.15) is 23.6 Å². The first-order valence-electron chi connectivity index (χ1n) is 9.01. The van der Waals surface area contributed by atoms with Crippen LogP contribution in [0.15, 0.2) is 72.8 Å². The van der Waals surface area contributed by atoms with Crippen molar-refractivity contribution in [3.8, 4) is 17.6 Å². The van der Waals surface area contributed by atoms with E-state index < -0.39 is 5.82 Å². The Bertz CT molecular complexity index is 1010. The van der Waals surface area contributed by atoms with Crippen molar-refractivity contribution in [3.63, 3.8) is 0 Å². The minimum Gasteiger partial charge on any atom is -0.490 e. The Morgan fingerprint density at radius 2 is 1.71 bits per heavy atom. The predicted octanol–water partition coefficient (Wildman–Crippen LogP) is 5.87. The molecule has 0 atom stereocenters. The van der Waals surface area contributed by atoms with Gasteiger partial charge in [0.1, 0.15) is 12.4 Å². The monoisotopic (exact) mass is 373 g/mol. The summed E-state index contributed by atoms with van der Waals surface area (Å²) in [5.41, 5.74) is 2.31. The first kappa shape index (κ1) is 19.2. The van der Waals surface area contributed by atoms with E-state index in [1.807, 2.05) is 43.3 Å². The maximum Gasteiger partial charge on any atom is 0.161 e. The summed E-state index contributed by atoms with van der Waals surface area (Å²) >= 11 is 0. The minimum atomic E-state index is -0.428. The van der Waals surface area contributed by atoms with E-state index in [9.17, 15) is 9.65 Å². The third-order valence-corrected chi connectivity index (χ3v) is 4.10. The van der Waals surface area contributed by atoms with Crippen LogP contribution in [0.2, 0.25) is 0 Å². The van der Waals surface area contributed by atoms with Crippen LogP contribution in [0.3, 0.4) is 0 Å². The van der Waals surface area contributed by atoms with Crippen molar-refractivity contribution in [2.45, 2.75) is 13.5 Å². The average molecular weight is 373 g/mol. The molecule has 0 fully saturated rings. The van der Waals surface area contributed by atoms with Gasteiger partial charge in [-0.05, 0) is 42.3 Å². The zero-order valence-electron chi connectivity index (χ0n) is 15.6. The van der Waals surface area contributed by atoms with Crippen molar-refractivity contribution < 1.29 is 13.9 Å². The molecule has 4 heteroatoms. The fourth-order valence-corrected chi connectivity index (χ4v) is 2.75. The number of hydrogen-bond donors (Lipinski definition) is 0. The summed E-state index contributed by atoms with van der Waals surface area (Å²) in [6, 6.07) is 23.6. The fraction of sp³-hybridized carbons (Fsp3) is 0.125. The van der Waals surface area contributed by atoms with Gasteiger partial charge < -0.3 is 9.47 Å². The molecule has 0 aliphatic carbocycles. The smallest absolute Gasteiger partial charge is 0.161 e. The molecule has 0 spiro atoms. The van der Waals surface area contributed by atoms with E-state index >= 15 is 0 Å².